The number of hydrogen-bond donors (Lipinski definition) is 0. The number of ether oxygens (including phenoxy) is 1. The minimum absolute atomic E-state index is 0.754. The van der Waals surface area contributed by atoms with Crippen LogP contribution in [0.4, 0.5) is 0 Å². The van der Waals surface area contributed by atoms with Gasteiger partial charge in [0.1, 0.15) is 11.6 Å². The average molecular weight is 283 g/mol. The van der Waals surface area contributed by atoms with Crippen molar-refractivity contribution >= 4 is 10.9 Å². The summed E-state index contributed by atoms with van der Waals surface area (Å²) in [5.41, 5.74) is 1.19. The number of aromatic nitrogens is 3. The first-order valence-electron chi connectivity index (χ1n) is 7.54. The number of fused-ring (bicyclic) bond motifs is 1. The fourth-order valence-corrected chi connectivity index (χ4v) is 2.60. The summed E-state index contributed by atoms with van der Waals surface area (Å²) in [5.74, 6) is 2.04. The van der Waals surface area contributed by atoms with Crippen LogP contribution < -0.4 is 4.74 Å². The van der Waals surface area contributed by atoms with E-state index < -0.39 is 0 Å². The quantitative estimate of drug-likeness (QED) is 0.691. The second kappa shape index (κ2) is 6.04. The Morgan fingerprint density at radius 2 is 2.00 bits per heavy atom. The summed E-state index contributed by atoms with van der Waals surface area (Å²) in [6, 6.07) is 8.35. The number of benzene rings is 1. The summed E-state index contributed by atoms with van der Waals surface area (Å²) in [6.07, 6.45) is 7.01. The van der Waals surface area contributed by atoms with Gasteiger partial charge in [-0.3, -0.25) is 0 Å². The highest BCUT2D eigenvalue weighted by Gasteiger charge is 2.09. The van der Waals surface area contributed by atoms with E-state index in [2.05, 4.69) is 52.4 Å². The van der Waals surface area contributed by atoms with Gasteiger partial charge in [0, 0.05) is 30.5 Å². The van der Waals surface area contributed by atoms with Crippen molar-refractivity contribution in [2.45, 2.75) is 33.4 Å². The summed E-state index contributed by atoms with van der Waals surface area (Å²) in [6.45, 7) is 6.73. The number of rotatable bonds is 6. The Morgan fingerprint density at radius 3 is 2.81 bits per heavy atom. The predicted molar refractivity (Wildman–Crippen MR) is 84.7 cm³/mol. The lowest BCUT2D eigenvalue weighted by Crippen LogP contribution is -2.06. The maximum absolute atomic E-state index is 5.83. The van der Waals surface area contributed by atoms with E-state index in [9.17, 15) is 0 Å². The van der Waals surface area contributed by atoms with Crippen molar-refractivity contribution in [3.05, 3.63) is 48.7 Å². The van der Waals surface area contributed by atoms with Crippen LogP contribution in [0, 0.1) is 0 Å². The largest absolute Gasteiger partial charge is 0.493 e. The number of aryl methyl sites for hydroxylation is 1. The number of hydrogen-bond acceptors (Lipinski definition) is 2. The van der Waals surface area contributed by atoms with Gasteiger partial charge in [0.25, 0.3) is 0 Å². The molecule has 0 fully saturated rings. The van der Waals surface area contributed by atoms with Crippen LogP contribution in [-0.4, -0.2) is 20.7 Å². The summed E-state index contributed by atoms with van der Waals surface area (Å²) >= 11 is 0. The van der Waals surface area contributed by atoms with Crippen LogP contribution in [0.25, 0.3) is 10.9 Å². The average Bonchev–Trinajstić information content (AvgIpc) is 3.13. The van der Waals surface area contributed by atoms with Gasteiger partial charge in [-0.05, 0) is 31.5 Å². The molecule has 0 aliphatic heterocycles. The maximum Gasteiger partial charge on any atom is 0.128 e. The van der Waals surface area contributed by atoms with Crippen molar-refractivity contribution in [2.24, 2.45) is 0 Å². The molecule has 21 heavy (non-hydrogen) atoms. The molecular weight excluding hydrogens is 262 g/mol. The van der Waals surface area contributed by atoms with Gasteiger partial charge < -0.3 is 13.9 Å². The SMILES string of the molecule is CCCOc1cccc2c1ccn2Cc1nccn1CC. The van der Waals surface area contributed by atoms with E-state index in [1.165, 1.54) is 10.9 Å². The molecule has 0 amide bonds. The van der Waals surface area contributed by atoms with E-state index in [0.717, 1.165) is 37.7 Å². The fourth-order valence-electron chi connectivity index (χ4n) is 2.60. The first kappa shape index (κ1) is 13.7. The Kier molecular flexibility index (Phi) is 3.95. The standard InChI is InChI=1S/C17H21N3O/c1-3-12-21-16-7-5-6-15-14(16)8-10-20(15)13-17-18-9-11-19(17)4-2/h5-11H,3-4,12-13H2,1-2H3. The molecule has 0 aliphatic carbocycles. The normalized spacial score (nSPS) is 11.1. The smallest absolute Gasteiger partial charge is 0.128 e. The second-order valence-corrected chi connectivity index (χ2v) is 5.11. The highest BCUT2D eigenvalue weighted by molar-refractivity contribution is 5.86. The highest BCUT2D eigenvalue weighted by atomic mass is 16.5. The Hall–Kier alpha value is -2.23. The topological polar surface area (TPSA) is 32.0 Å². The summed E-state index contributed by atoms with van der Waals surface area (Å²) < 4.78 is 10.2. The van der Waals surface area contributed by atoms with Crippen LogP contribution in [0.15, 0.2) is 42.9 Å². The van der Waals surface area contributed by atoms with E-state index in [1.807, 2.05) is 18.5 Å². The summed E-state index contributed by atoms with van der Waals surface area (Å²) in [7, 11) is 0. The van der Waals surface area contributed by atoms with Crippen molar-refractivity contribution in [3.63, 3.8) is 0 Å². The van der Waals surface area contributed by atoms with Crippen LogP contribution in [0.3, 0.4) is 0 Å². The molecule has 0 saturated heterocycles. The molecule has 110 valence electrons. The van der Waals surface area contributed by atoms with Gasteiger partial charge in [0.15, 0.2) is 0 Å². The van der Waals surface area contributed by atoms with E-state index in [1.54, 1.807) is 0 Å². The van der Waals surface area contributed by atoms with Gasteiger partial charge in [-0.15, -0.1) is 0 Å². The van der Waals surface area contributed by atoms with Crippen LogP contribution in [0.2, 0.25) is 0 Å². The molecule has 0 saturated carbocycles. The van der Waals surface area contributed by atoms with Gasteiger partial charge in [-0.2, -0.15) is 0 Å². The van der Waals surface area contributed by atoms with Crippen LogP contribution in [0.5, 0.6) is 5.75 Å². The zero-order valence-corrected chi connectivity index (χ0v) is 12.6. The van der Waals surface area contributed by atoms with Crippen molar-refractivity contribution in [3.8, 4) is 5.75 Å². The Bertz CT molecular complexity index is 727. The Balaban J connectivity index is 1.93. The molecule has 3 rings (SSSR count). The van der Waals surface area contributed by atoms with Crippen molar-refractivity contribution in [1.82, 2.24) is 14.1 Å². The second-order valence-electron chi connectivity index (χ2n) is 5.11. The zero-order chi connectivity index (χ0) is 14.7. The van der Waals surface area contributed by atoms with E-state index in [4.69, 9.17) is 4.74 Å². The van der Waals surface area contributed by atoms with Crippen molar-refractivity contribution < 1.29 is 4.74 Å². The minimum Gasteiger partial charge on any atom is -0.493 e. The molecule has 0 N–H and O–H groups in total. The molecule has 0 aliphatic rings. The number of imidazole rings is 1. The third-order valence-electron chi connectivity index (χ3n) is 3.69. The van der Waals surface area contributed by atoms with Gasteiger partial charge in [0.05, 0.1) is 18.7 Å². The lowest BCUT2D eigenvalue weighted by molar-refractivity contribution is 0.321. The third-order valence-corrected chi connectivity index (χ3v) is 3.69. The molecule has 0 radical (unpaired) electrons. The lowest BCUT2D eigenvalue weighted by atomic mass is 10.2. The van der Waals surface area contributed by atoms with Gasteiger partial charge in [-0.25, -0.2) is 4.98 Å². The minimum atomic E-state index is 0.754. The van der Waals surface area contributed by atoms with Gasteiger partial charge in [-0.1, -0.05) is 13.0 Å². The molecule has 4 heteroatoms. The maximum atomic E-state index is 5.83. The molecule has 2 heterocycles. The highest BCUT2D eigenvalue weighted by Crippen LogP contribution is 2.27. The lowest BCUT2D eigenvalue weighted by Gasteiger charge is -2.09. The van der Waals surface area contributed by atoms with E-state index in [0.29, 0.717) is 0 Å². The zero-order valence-electron chi connectivity index (χ0n) is 12.6. The molecule has 0 spiro atoms. The van der Waals surface area contributed by atoms with Crippen LogP contribution in [-0.2, 0) is 13.1 Å². The Labute approximate surface area is 125 Å². The molecule has 4 nitrogen and oxygen atoms in total. The molecule has 0 bridgehead atoms. The van der Waals surface area contributed by atoms with E-state index in [-0.39, 0.29) is 0 Å². The van der Waals surface area contributed by atoms with Crippen molar-refractivity contribution in [1.29, 1.82) is 0 Å². The third kappa shape index (κ3) is 2.66. The molecule has 0 atom stereocenters. The van der Waals surface area contributed by atoms with Gasteiger partial charge in [0.2, 0.25) is 0 Å². The molecular formula is C17H21N3O. The number of nitrogens with zero attached hydrogens (tertiary/aromatic N) is 3. The van der Waals surface area contributed by atoms with Crippen LogP contribution in [0.1, 0.15) is 26.1 Å². The molecule has 0 unspecified atom stereocenters. The van der Waals surface area contributed by atoms with E-state index >= 15 is 0 Å². The molecule has 3 aromatic rings. The molecule has 2 aromatic heterocycles. The predicted octanol–water partition coefficient (Wildman–Crippen LogP) is 3.69. The fraction of sp³-hybridized carbons (Fsp3) is 0.353. The summed E-state index contributed by atoms with van der Waals surface area (Å²) in [5, 5.41) is 1.17. The monoisotopic (exact) mass is 283 g/mol. The first-order chi connectivity index (χ1) is 10.3. The first-order valence-corrected chi connectivity index (χ1v) is 7.54. The molecule has 1 aromatic carbocycles. The van der Waals surface area contributed by atoms with Crippen LogP contribution >= 0.6 is 0 Å². The Morgan fingerprint density at radius 1 is 1.10 bits per heavy atom. The van der Waals surface area contributed by atoms with Crippen molar-refractivity contribution in [2.75, 3.05) is 6.61 Å². The summed E-state index contributed by atoms with van der Waals surface area (Å²) in [4.78, 5) is 4.45. The van der Waals surface area contributed by atoms with Gasteiger partial charge >= 0.3 is 0 Å².